The van der Waals surface area contributed by atoms with E-state index in [9.17, 15) is 0 Å². The molecule has 2 nitrogen and oxygen atoms in total. The number of aromatic nitrogens is 1. The van der Waals surface area contributed by atoms with Crippen LogP contribution < -0.4 is 5.32 Å². The summed E-state index contributed by atoms with van der Waals surface area (Å²) >= 11 is 1.76. The second kappa shape index (κ2) is 5.08. The Morgan fingerprint density at radius 3 is 2.93 bits per heavy atom. The first-order valence-electron chi connectivity index (χ1n) is 5.92. The molecule has 0 aromatic carbocycles. The van der Waals surface area contributed by atoms with E-state index in [1.165, 1.54) is 36.3 Å². The third-order valence-electron chi connectivity index (χ3n) is 3.20. The van der Waals surface area contributed by atoms with Crippen molar-refractivity contribution in [2.75, 3.05) is 0 Å². The van der Waals surface area contributed by atoms with Crippen LogP contribution in [0, 0.1) is 12.8 Å². The van der Waals surface area contributed by atoms with E-state index in [2.05, 4.69) is 24.1 Å². The minimum atomic E-state index is 0.707. The first-order chi connectivity index (χ1) is 7.29. The van der Waals surface area contributed by atoms with Crippen molar-refractivity contribution >= 4 is 11.3 Å². The van der Waals surface area contributed by atoms with Crippen LogP contribution in [0.25, 0.3) is 0 Å². The van der Waals surface area contributed by atoms with E-state index in [0.717, 1.165) is 12.5 Å². The lowest BCUT2D eigenvalue weighted by molar-refractivity contribution is 0.446. The predicted molar refractivity (Wildman–Crippen MR) is 65.1 cm³/mol. The fraction of sp³-hybridized carbons (Fsp3) is 0.750. The van der Waals surface area contributed by atoms with Crippen LogP contribution in [0.4, 0.5) is 0 Å². The summed E-state index contributed by atoms with van der Waals surface area (Å²) in [7, 11) is 0. The van der Waals surface area contributed by atoms with E-state index < -0.39 is 0 Å². The number of rotatable bonds is 6. The molecule has 1 aromatic rings. The summed E-state index contributed by atoms with van der Waals surface area (Å²) in [6.07, 6.45) is 5.53. The van der Waals surface area contributed by atoms with Crippen LogP contribution in [0.5, 0.6) is 0 Å². The molecule has 3 heteroatoms. The average molecular weight is 224 g/mol. The molecule has 84 valence electrons. The van der Waals surface area contributed by atoms with Crippen LogP contribution in [-0.4, -0.2) is 11.0 Å². The molecule has 0 amide bonds. The predicted octanol–water partition coefficient (Wildman–Crippen LogP) is 3.12. The van der Waals surface area contributed by atoms with Gasteiger partial charge in [-0.1, -0.05) is 19.8 Å². The summed E-state index contributed by atoms with van der Waals surface area (Å²) in [6, 6.07) is 0.707. The third kappa shape index (κ3) is 3.28. The van der Waals surface area contributed by atoms with Gasteiger partial charge in [0, 0.05) is 17.5 Å². The van der Waals surface area contributed by atoms with Crippen LogP contribution in [0.3, 0.4) is 0 Å². The second-order valence-electron chi connectivity index (χ2n) is 4.53. The summed E-state index contributed by atoms with van der Waals surface area (Å²) in [5.41, 5.74) is 3.13. The molecule has 1 saturated carbocycles. The van der Waals surface area contributed by atoms with E-state index in [0.29, 0.717) is 6.04 Å². The lowest BCUT2D eigenvalue weighted by Gasteiger charge is -2.16. The van der Waals surface area contributed by atoms with Gasteiger partial charge in [-0.15, -0.1) is 11.3 Å². The lowest BCUT2D eigenvalue weighted by Crippen LogP contribution is -2.28. The zero-order valence-corrected chi connectivity index (χ0v) is 10.4. The van der Waals surface area contributed by atoms with E-state index in [4.69, 9.17) is 0 Å². The van der Waals surface area contributed by atoms with Crippen molar-refractivity contribution in [1.29, 1.82) is 0 Å². The van der Waals surface area contributed by atoms with Crippen molar-refractivity contribution in [1.82, 2.24) is 10.3 Å². The van der Waals surface area contributed by atoms with Crippen molar-refractivity contribution in [3.63, 3.8) is 0 Å². The standard InChI is InChI=1S/C12H20N2S/c1-3-11(6-10-4-5-10)13-7-12-9(2)14-8-15-12/h8,10-11,13H,3-7H2,1-2H3. The van der Waals surface area contributed by atoms with Gasteiger partial charge in [0.25, 0.3) is 0 Å². The van der Waals surface area contributed by atoms with Crippen molar-refractivity contribution in [3.8, 4) is 0 Å². The van der Waals surface area contributed by atoms with Gasteiger partial charge in [-0.2, -0.15) is 0 Å². The van der Waals surface area contributed by atoms with Crippen LogP contribution in [0.1, 0.15) is 43.2 Å². The summed E-state index contributed by atoms with van der Waals surface area (Å²) in [5.74, 6) is 1.02. The Morgan fingerprint density at radius 1 is 1.60 bits per heavy atom. The minimum Gasteiger partial charge on any atom is -0.309 e. The van der Waals surface area contributed by atoms with Crippen molar-refractivity contribution in [3.05, 3.63) is 16.1 Å². The zero-order chi connectivity index (χ0) is 10.7. The molecule has 1 atom stereocenters. The Kier molecular flexibility index (Phi) is 3.76. The van der Waals surface area contributed by atoms with Crippen molar-refractivity contribution in [2.45, 2.75) is 52.1 Å². The van der Waals surface area contributed by atoms with Gasteiger partial charge in [0.05, 0.1) is 11.2 Å². The number of hydrogen-bond donors (Lipinski definition) is 1. The molecule has 0 radical (unpaired) electrons. The zero-order valence-electron chi connectivity index (χ0n) is 9.62. The monoisotopic (exact) mass is 224 g/mol. The quantitative estimate of drug-likeness (QED) is 0.803. The molecule has 2 rings (SSSR count). The minimum absolute atomic E-state index is 0.707. The second-order valence-corrected chi connectivity index (χ2v) is 5.47. The molecule has 0 aliphatic heterocycles. The molecule has 1 unspecified atom stereocenters. The summed E-state index contributed by atoms with van der Waals surface area (Å²) in [5, 5.41) is 3.65. The van der Waals surface area contributed by atoms with Gasteiger partial charge >= 0.3 is 0 Å². The largest absolute Gasteiger partial charge is 0.309 e. The fourth-order valence-corrected chi connectivity index (χ4v) is 2.61. The Balaban J connectivity index is 1.77. The molecule has 0 saturated heterocycles. The molecule has 0 spiro atoms. The maximum Gasteiger partial charge on any atom is 0.0798 e. The topological polar surface area (TPSA) is 24.9 Å². The van der Waals surface area contributed by atoms with Crippen LogP contribution in [-0.2, 0) is 6.54 Å². The molecule has 1 fully saturated rings. The first kappa shape index (κ1) is 11.1. The Morgan fingerprint density at radius 2 is 2.40 bits per heavy atom. The van der Waals surface area contributed by atoms with Crippen LogP contribution in [0.15, 0.2) is 5.51 Å². The van der Waals surface area contributed by atoms with Crippen molar-refractivity contribution in [2.24, 2.45) is 5.92 Å². The number of hydrogen-bond acceptors (Lipinski definition) is 3. The summed E-state index contributed by atoms with van der Waals surface area (Å²) in [4.78, 5) is 5.67. The van der Waals surface area contributed by atoms with Gasteiger partial charge in [-0.25, -0.2) is 4.98 Å². The van der Waals surface area contributed by atoms with Gasteiger partial charge in [-0.05, 0) is 25.7 Å². The molecular weight excluding hydrogens is 204 g/mol. The Hall–Kier alpha value is -0.410. The molecular formula is C12H20N2S. The maximum absolute atomic E-state index is 4.27. The maximum atomic E-state index is 4.27. The molecule has 1 aliphatic carbocycles. The highest BCUT2D eigenvalue weighted by Gasteiger charge is 2.24. The van der Waals surface area contributed by atoms with Crippen LogP contribution >= 0.6 is 11.3 Å². The Bertz CT molecular complexity index is 304. The molecule has 1 aliphatic rings. The lowest BCUT2D eigenvalue weighted by atomic mass is 10.1. The summed E-state index contributed by atoms with van der Waals surface area (Å²) < 4.78 is 0. The molecule has 15 heavy (non-hydrogen) atoms. The van der Waals surface area contributed by atoms with Gasteiger partial charge in [-0.3, -0.25) is 0 Å². The highest BCUT2D eigenvalue weighted by atomic mass is 32.1. The van der Waals surface area contributed by atoms with Gasteiger partial charge in [0.1, 0.15) is 0 Å². The molecule has 1 N–H and O–H groups in total. The molecule has 1 heterocycles. The smallest absolute Gasteiger partial charge is 0.0798 e. The number of nitrogens with one attached hydrogen (secondary N) is 1. The van der Waals surface area contributed by atoms with Crippen molar-refractivity contribution < 1.29 is 0 Å². The van der Waals surface area contributed by atoms with E-state index in [-0.39, 0.29) is 0 Å². The number of nitrogens with zero attached hydrogens (tertiary/aromatic N) is 1. The SMILES string of the molecule is CCC(CC1CC1)NCc1scnc1C. The van der Waals surface area contributed by atoms with E-state index in [1.54, 1.807) is 11.3 Å². The number of aryl methyl sites for hydroxylation is 1. The normalized spacial score (nSPS) is 18.0. The average Bonchev–Trinajstić information content (AvgIpc) is 2.96. The van der Waals surface area contributed by atoms with Gasteiger partial charge in [0.2, 0.25) is 0 Å². The highest BCUT2D eigenvalue weighted by molar-refractivity contribution is 7.09. The van der Waals surface area contributed by atoms with Gasteiger partial charge in [0.15, 0.2) is 0 Å². The molecule has 1 aromatic heterocycles. The highest BCUT2D eigenvalue weighted by Crippen LogP contribution is 2.34. The van der Waals surface area contributed by atoms with E-state index >= 15 is 0 Å². The summed E-state index contributed by atoms with van der Waals surface area (Å²) in [6.45, 7) is 5.37. The Labute approximate surface area is 96.1 Å². The number of thiazole rings is 1. The van der Waals surface area contributed by atoms with E-state index in [1.807, 2.05) is 5.51 Å². The van der Waals surface area contributed by atoms with Crippen LogP contribution in [0.2, 0.25) is 0 Å². The molecule has 0 bridgehead atoms. The fourth-order valence-electron chi connectivity index (χ4n) is 1.88. The third-order valence-corrected chi connectivity index (χ3v) is 4.14. The first-order valence-corrected chi connectivity index (χ1v) is 6.80. The van der Waals surface area contributed by atoms with Gasteiger partial charge < -0.3 is 5.32 Å².